The molecule has 0 saturated carbocycles. The van der Waals surface area contributed by atoms with Gasteiger partial charge in [-0.05, 0) is 30.9 Å². The Kier molecular flexibility index (Phi) is 9.60. The van der Waals surface area contributed by atoms with E-state index in [1.54, 1.807) is 18.2 Å². The van der Waals surface area contributed by atoms with Crippen LogP contribution >= 0.6 is 0 Å². The number of carbonyl (C=O) groups excluding carboxylic acids is 3. The first-order valence-electron chi connectivity index (χ1n) is 11.7. The van der Waals surface area contributed by atoms with Gasteiger partial charge < -0.3 is 20.3 Å². The number of nitrogens with two attached hydrogens (primary N) is 1. The molecule has 0 aliphatic carbocycles. The number of amides is 2. The molecule has 11 nitrogen and oxygen atoms in total. The molecule has 0 fully saturated rings. The van der Waals surface area contributed by atoms with Crippen molar-refractivity contribution in [3.63, 3.8) is 0 Å². The molecule has 0 saturated heterocycles. The van der Waals surface area contributed by atoms with E-state index < -0.39 is 23.1 Å². The van der Waals surface area contributed by atoms with Gasteiger partial charge in [0.25, 0.3) is 11.5 Å². The number of aromatic nitrogens is 2. The summed E-state index contributed by atoms with van der Waals surface area (Å²) in [5, 5.41) is 0. The maximum Gasteiger partial charge on any atom is 0.330 e. The van der Waals surface area contributed by atoms with Crippen molar-refractivity contribution in [2.45, 2.75) is 41.2 Å². The molecular formula is C25H35N5O6. The summed E-state index contributed by atoms with van der Waals surface area (Å²) in [5.41, 5.74) is 5.13. The first-order valence-corrected chi connectivity index (χ1v) is 11.7. The van der Waals surface area contributed by atoms with Crippen molar-refractivity contribution in [2.24, 2.45) is 11.8 Å². The van der Waals surface area contributed by atoms with Gasteiger partial charge in [-0.3, -0.25) is 28.7 Å². The molecule has 0 bridgehead atoms. The third-order valence-electron chi connectivity index (χ3n) is 5.28. The molecule has 36 heavy (non-hydrogen) atoms. The Labute approximate surface area is 209 Å². The number of ether oxygens (including phenoxy) is 1. The van der Waals surface area contributed by atoms with Gasteiger partial charge >= 0.3 is 5.69 Å². The number of H-pyrrole nitrogens is 1. The lowest BCUT2D eigenvalue weighted by Crippen LogP contribution is -2.47. The Morgan fingerprint density at radius 2 is 1.75 bits per heavy atom. The Morgan fingerprint density at radius 3 is 2.33 bits per heavy atom. The molecular weight excluding hydrogens is 466 g/mol. The summed E-state index contributed by atoms with van der Waals surface area (Å²) in [5.74, 6) is -0.862. The van der Waals surface area contributed by atoms with Gasteiger partial charge in [-0.2, -0.15) is 0 Å². The molecule has 0 atom stereocenters. The molecule has 1 heterocycles. The van der Waals surface area contributed by atoms with Crippen LogP contribution in [0.5, 0.6) is 5.75 Å². The molecule has 0 unspecified atom stereocenters. The number of anilines is 2. The van der Waals surface area contributed by atoms with E-state index in [0.717, 1.165) is 0 Å². The molecule has 0 aliphatic rings. The van der Waals surface area contributed by atoms with E-state index in [0.29, 0.717) is 11.3 Å². The van der Waals surface area contributed by atoms with Crippen molar-refractivity contribution in [3.05, 3.63) is 50.7 Å². The maximum absolute atomic E-state index is 13.3. The van der Waals surface area contributed by atoms with Gasteiger partial charge in [0.1, 0.15) is 11.6 Å². The summed E-state index contributed by atoms with van der Waals surface area (Å²) in [6, 6.07) is 6.44. The van der Waals surface area contributed by atoms with Gasteiger partial charge in [-0.15, -0.1) is 0 Å². The number of hydrogen-bond acceptors (Lipinski definition) is 7. The minimum Gasteiger partial charge on any atom is -0.484 e. The van der Waals surface area contributed by atoms with Crippen LogP contribution in [0.25, 0.3) is 0 Å². The Balaban J connectivity index is 2.23. The number of likely N-dealkylation sites (N-methyl/N-ethyl adjacent to an activating group) is 1. The van der Waals surface area contributed by atoms with Crippen molar-refractivity contribution in [1.29, 1.82) is 0 Å². The normalized spacial score (nSPS) is 11.0. The van der Waals surface area contributed by atoms with Crippen LogP contribution in [0.4, 0.5) is 11.5 Å². The summed E-state index contributed by atoms with van der Waals surface area (Å²) >= 11 is 0. The molecule has 2 amide bonds. The molecule has 0 radical (unpaired) electrons. The Hall–Kier alpha value is -3.89. The number of ketones is 1. The van der Waals surface area contributed by atoms with Crippen LogP contribution in [0.3, 0.4) is 0 Å². The largest absolute Gasteiger partial charge is 0.484 e. The van der Waals surface area contributed by atoms with Crippen molar-refractivity contribution in [1.82, 2.24) is 14.5 Å². The van der Waals surface area contributed by atoms with E-state index in [4.69, 9.17) is 10.5 Å². The van der Waals surface area contributed by atoms with Crippen molar-refractivity contribution < 1.29 is 19.1 Å². The lowest BCUT2D eigenvalue weighted by molar-refractivity contribution is -0.135. The third kappa shape index (κ3) is 7.30. The predicted octanol–water partition coefficient (Wildman–Crippen LogP) is 1.50. The fraction of sp³-hybridized carbons (Fsp3) is 0.480. The Morgan fingerprint density at radius 1 is 1.08 bits per heavy atom. The molecule has 0 aliphatic heterocycles. The van der Waals surface area contributed by atoms with E-state index in [2.05, 4.69) is 4.98 Å². The van der Waals surface area contributed by atoms with Gasteiger partial charge in [0.05, 0.1) is 6.54 Å². The van der Waals surface area contributed by atoms with Crippen LogP contribution in [0, 0.1) is 11.8 Å². The van der Waals surface area contributed by atoms with Crippen molar-refractivity contribution >= 4 is 29.1 Å². The average Bonchev–Trinajstić information content (AvgIpc) is 2.79. The summed E-state index contributed by atoms with van der Waals surface area (Å²) in [7, 11) is 1.44. The summed E-state index contributed by atoms with van der Waals surface area (Å²) in [4.78, 5) is 67.1. The second-order valence-corrected chi connectivity index (χ2v) is 9.52. The molecule has 1 aromatic carbocycles. The lowest BCUT2D eigenvalue weighted by atomic mass is 10.1. The fourth-order valence-corrected chi connectivity index (χ4v) is 3.50. The van der Waals surface area contributed by atoms with Gasteiger partial charge in [0, 0.05) is 25.7 Å². The molecule has 0 spiro atoms. The quantitative estimate of drug-likeness (QED) is 0.443. The van der Waals surface area contributed by atoms with Crippen LogP contribution in [0.2, 0.25) is 0 Å². The smallest absolute Gasteiger partial charge is 0.330 e. The van der Waals surface area contributed by atoms with E-state index in [1.807, 2.05) is 27.7 Å². The second kappa shape index (κ2) is 12.2. The van der Waals surface area contributed by atoms with E-state index >= 15 is 0 Å². The van der Waals surface area contributed by atoms with Crippen LogP contribution in [-0.4, -0.2) is 58.8 Å². The maximum atomic E-state index is 13.3. The number of nitrogen functional groups attached to an aromatic ring is 1. The number of carbonyl (C=O) groups is 3. The molecule has 3 N–H and O–H groups in total. The number of benzene rings is 1. The third-order valence-corrected chi connectivity index (χ3v) is 5.28. The fourth-order valence-electron chi connectivity index (χ4n) is 3.50. The van der Waals surface area contributed by atoms with Crippen molar-refractivity contribution in [2.75, 3.05) is 37.4 Å². The van der Waals surface area contributed by atoms with Crippen LogP contribution < -0.4 is 26.6 Å². The molecule has 2 rings (SSSR count). The monoisotopic (exact) mass is 501 g/mol. The molecule has 196 valence electrons. The van der Waals surface area contributed by atoms with Crippen molar-refractivity contribution in [3.8, 4) is 5.75 Å². The number of nitrogens with zero attached hydrogens (tertiary/aromatic N) is 3. The summed E-state index contributed by atoms with van der Waals surface area (Å²) in [6.45, 7) is 8.68. The number of aromatic amines is 1. The number of Topliss-reactive ketones (excluding diaryl/α,β-unsaturated/α-hetero) is 1. The first-order chi connectivity index (χ1) is 16.8. The molecule has 1 aromatic heterocycles. The lowest BCUT2D eigenvalue weighted by Gasteiger charge is -2.28. The highest BCUT2D eigenvalue weighted by molar-refractivity contribution is 5.98. The van der Waals surface area contributed by atoms with Gasteiger partial charge in [-0.25, -0.2) is 4.79 Å². The van der Waals surface area contributed by atoms with Crippen LogP contribution in [-0.2, 0) is 16.1 Å². The highest BCUT2D eigenvalue weighted by Gasteiger charge is 2.27. The van der Waals surface area contributed by atoms with E-state index in [-0.39, 0.29) is 55.4 Å². The summed E-state index contributed by atoms with van der Waals surface area (Å²) < 4.78 is 6.73. The predicted molar refractivity (Wildman–Crippen MR) is 137 cm³/mol. The topological polar surface area (TPSA) is 148 Å². The first kappa shape index (κ1) is 28.3. The van der Waals surface area contributed by atoms with Gasteiger partial charge in [-0.1, -0.05) is 39.8 Å². The highest BCUT2D eigenvalue weighted by Crippen LogP contribution is 2.20. The standard InChI is InChI=1S/C25H35N5O6/c1-15(2)11-29(22-23(26)30(12-16(3)4)25(35)27-24(22)34)20(32)13-28(6)21(33)14-36-19-9-7-8-18(10-19)17(5)31/h7-10,15-16H,11-14,26H2,1-6H3,(H,27,34,35). The molecule has 2 aromatic rings. The highest BCUT2D eigenvalue weighted by atomic mass is 16.5. The Bertz CT molecular complexity index is 1230. The number of nitrogens with one attached hydrogen (secondary N) is 1. The van der Waals surface area contributed by atoms with Crippen LogP contribution in [0.1, 0.15) is 45.0 Å². The number of hydrogen-bond donors (Lipinski definition) is 2. The van der Waals surface area contributed by atoms with E-state index in [1.165, 1.54) is 34.4 Å². The summed E-state index contributed by atoms with van der Waals surface area (Å²) in [6.07, 6.45) is 0. The zero-order valence-electron chi connectivity index (χ0n) is 21.7. The van der Waals surface area contributed by atoms with Gasteiger partial charge in [0.2, 0.25) is 5.91 Å². The minimum absolute atomic E-state index is 0.0314. The molecule has 11 heteroatoms. The zero-order chi connectivity index (χ0) is 27.2. The zero-order valence-corrected chi connectivity index (χ0v) is 21.7. The van der Waals surface area contributed by atoms with Gasteiger partial charge in [0.15, 0.2) is 18.1 Å². The van der Waals surface area contributed by atoms with E-state index in [9.17, 15) is 24.0 Å². The number of rotatable bonds is 11. The van der Waals surface area contributed by atoms with Crippen LogP contribution in [0.15, 0.2) is 33.9 Å². The SMILES string of the molecule is CC(=O)c1cccc(OCC(=O)N(C)CC(=O)N(CC(C)C)c2c(N)n(CC(C)C)c(=O)[nH]c2=O)c1. The average molecular weight is 502 g/mol. The minimum atomic E-state index is -0.769. The second-order valence-electron chi connectivity index (χ2n) is 9.52.